The molecule has 3 unspecified atom stereocenters. The quantitative estimate of drug-likeness (QED) is 0.384. The van der Waals surface area contributed by atoms with E-state index in [1.165, 1.54) is 4.90 Å². The van der Waals surface area contributed by atoms with Crippen molar-refractivity contribution in [2.75, 3.05) is 38.5 Å². The van der Waals surface area contributed by atoms with E-state index >= 15 is 0 Å². The van der Waals surface area contributed by atoms with E-state index in [0.29, 0.717) is 44.3 Å². The van der Waals surface area contributed by atoms with E-state index in [4.69, 9.17) is 5.26 Å². The number of para-hydroxylation sites is 1. The molecule has 1 aliphatic carbocycles. The first-order chi connectivity index (χ1) is 20.1. The van der Waals surface area contributed by atoms with E-state index in [1.54, 1.807) is 10.2 Å². The molecule has 0 spiro atoms. The van der Waals surface area contributed by atoms with Crippen LogP contribution in [0.2, 0.25) is 0 Å². The van der Waals surface area contributed by atoms with Crippen molar-refractivity contribution in [1.29, 1.82) is 5.26 Å². The normalized spacial score (nSPS) is 21.5. The van der Waals surface area contributed by atoms with Crippen molar-refractivity contribution < 1.29 is 32.3 Å². The van der Waals surface area contributed by atoms with Crippen molar-refractivity contribution in [3.05, 3.63) is 42.5 Å². The van der Waals surface area contributed by atoms with Crippen molar-refractivity contribution >= 4 is 30.2 Å². The molecule has 234 valence electrons. The number of amides is 3. The number of rotatable bonds is 5. The highest BCUT2D eigenvalue weighted by molar-refractivity contribution is 5.87. The van der Waals surface area contributed by atoms with Gasteiger partial charge in [-0.2, -0.15) is 18.4 Å². The van der Waals surface area contributed by atoms with Crippen LogP contribution in [0.15, 0.2) is 42.5 Å². The second-order valence-corrected chi connectivity index (χ2v) is 9.14. The number of fused-ring (bicyclic) bond motifs is 1. The summed E-state index contributed by atoms with van der Waals surface area (Å²) in [5.74, 6) is -1.88. The lowest BCUT2D eigenvalue weighted by atomic mass is 9.86. The van der Waals surface area contributed by atoms with Gasteiger partial charge in [0.2, 0.25) is 12.3 Å². The van der Waals surface area contributed by atoms with Crippen LogP contribution in [0.1, 0.15) is 47.0 Å². The highest BCUT2D eigenvalue weighted by Crippen LogP contribution is 2.32. The van der Waals surface area contributed by atoms with Crippen molar-refractivity contribution in [3.8, 4) is 6.07 Å². The summed E-state index contributed by atoms with van der Waals surface area (Å²) in [5.41, 5.74) is 1.16. The van der Waals surface area contributed by atoms with Crippen LogP contribution in [0, 0.1) is 29.1 Å². The second-order valence-electron chi connectivity index (χ2n) is 9.14. The summed E-state index contributed by atoms with van der Waals surface area (Å²) in [7, 11) is 1.91. The molecule has 0 aromatic heterocycles. The number of carbonyl (C=O) groups excluding carboxylic acids is 4. The van der Waals surface area contributed by atoms with Crippen LogP contribution in [0.4, 0.5) is 18.9 Å². The van der Waals surface area contributed by atoms with Gasteiger partial charge in [-0.05, 0) is 43.2 Å². The number of aldehydes is 1. The fraction of sp³-hybridized carbons (Fsp3) is 0.567. The van der Waals surface area contributed by atoms with Gasteiger partial charge in [0.15, 0.2) is 0 Å². The van der Waals surface area contributed by atoms with Gasteiger partial charge in [0, 0.05) is 38.3 Å². The average Bonchev–Trinajstić information content (AvgIpc) is 3.66. The monoisotopic (exact) mass is 595 g/mol. The fourth-order valence-corrected chi connectivity index (χ4v) is 4.43. The molecule has 2 saturated heterocycles. The molecule has 42 heavy (non-hydrogen) atoms. The molecule has 2 heterocycles. The number of alkyl halides is 3. The lowest BCUT2D eigenvalue weighted by Crippen LogP contribution is -2.44. The topological polar surface area (TPSA) is 123 Å². The summed E-state index contributed by atoms with van der Waals surface area (Å²) in [6.45, 7) is 8.93. The number of anilines is 1. The summed E-state index contributed by atoms with van der Waals surface area (Å²) in [6.07, 6.45) is 2.92. The molecular weight excluding hydrogens is 551 g/mol. The van der Waals surface area contributed by atoms with Gasteiger partial charge in [-0.15, -0.1) is 0 Å². The number of nitrogens with zero attached hydrogens (tertiary/aromatic N) is 3. The highest BCUT2D eigenvalue weighted by atomic mass is 19.4. The summed E-state index contributed by atoms with van der Waals surface area (Å²) >= 11 is 0. The van der Waals surface area contributed by atoms with Gasteiger partial charge < -0.3 is 25.2 Å². The number of carbonyl (C=O) groups is 4. The number of hydrogen-bond donors (Lipinski definition) is 2. The van der Waals surface area contributed by atoms with Crippen LogP contribution in [0.5, 0.6) is 0 Å². The molecule has 4 rings (SSSR count). The van der Waals surface area contributed by atoms with Crippen molar-refractivity contribution in [1.82, 2.24) is 15.1 Å². The molecule has 3 aliphatic rings. The molecule has 2 aliphatic heterocycles. The third-order valence-corrected chi connectivity index (χ3v) is 6.54. The second kappa shape index (κ2) is 20.9. The predicted octanol–water partition coefficient (Wildman–Crippen LogP) is 4.43. The van der Waals surface area contributed by atoms with Crippen molar-refractivity contribution in [3.63, 3.8) is 0 Å². The Morgan fingerprint density at radius 2 is 1.55 bits per heavy atom. The van der Waals surface area contributed by atoms with Crippen molar-refractivity contribution in [2.24, 2.45) is 17.8 Å². The minimum Gasteiger partial charge on any atom is -0.388 e. The number of halogens is 3. The molecule has 9 nitrogen and oxygen atoms in total. The number of benzene rings is 1. The third-order valence-electron chi connectivity index (χ3n) is 6.54. The summed E-state index contributed by atoms with van der Waals surface area (Å²) in [6, 6.07) is 11.6. The maximum Gasteiger partial charge on any atom is 0.471 e. The Kier molecular flexibility index (Phi) is 19.0. The van der Waals surface area contributed by atoms with E-state index < -0.39 is 30.6 Å². The molecule has 12 heteroatoms. The number of hydrogen-bond acceptors (Lipinski definition) is 6. The molecule has 0 radical (unpaired) electrons. The maximum absolute atomic E-state index is 12.0. The van der Waals surface area contributed by atoms with E-state index in [-0.39, 0.29) is 5.92 Å². The van der Waals surface area contributed by atoms with Gasteiger partial charge in [-0.3, -0.25) is 14.4 Å². The molecule has 1 aromatic rings. The van der Waals surface area contributed by atoms with E-state index in [2.05, 4.69) is 17.5 Å². The first-order valence-electron chi connectivity index (χ1n) is 14.2. The molecule has 4 atom stereocenters. The van der Waals surface area contributed by atoms with Gasteiger partial charge in [-0.25, -0.2) is 0 Å². The van der Waals surface area contributed by atoms with Gasteiger partial charge in [0.1, 0.15) is 12.3 Å². The molecule has 2 N–H and O–H groups in total. The lowest BCUT2D eigenvalue weighted by Gasteiger charge is -2.17. The number of likely N-dealkylation sites (tertiary alicyclic amines) is 2. The van der Waals surface area contributed by atoms with E-state index in [0.717, 1.165) is 24.8 Å². The Morgan fingerprint density at radius 1 is 1.00 bits per heavy atom. The molecule has 1 aromatic carbocycles. The Hall–Kier alpha value is -3.88. The van der Waals surface area contributed by atoms with Crippen LogP contribution in [-0.2, 0) is 19.2 Å². The highest BCUT2D eigenvalue weighted by Gasteiger charge is 2.40. The van der Waals surface area contributed by atoms with Crippen molar-refractivity contribution in [2.45, 2.75) is 59.2 Å². The fourth-order valence-electron chi connectivity index (χ4n) is 4.43. The zero-order chi connectivity index (χ0) is 32.1. The van der Waals surface area contributed by atoms with E-state index in [1.807, 2.05) is 71.1 Å². The summed E-state index contributed by atoms with van der Waals surface area (Å²) in [5, 5.41) is 13.2. The van der Waals surface area contributed by atoms with Gasteiger partial charge >= 0.3 is 12.1 Å². The Balaban J connectivity index is 0.000000619. The molecule has 3 amide bonds. The SMILES string of the molecule is CC.CC.CNc1ccccc1.N#C[C@@H]1CC(C=O)CN1C=O.O=C(CNC(=O)C(F)(F)F)N1CC2CC=CCC2C1. The summed E-state index contributed by atoms with van der Waals surface area (Å²) < 4.78 is 35.9. The maximum atomic E-state index is 12.0. The minimum atomic E-state index is -4.94. The largest absolute Gasteiger partial charge is 0.471 e. The van der Waals surface area contributed by atoms with Crippen LogP contribution in [0.25, 0.3) is 0 Å². The van der Waals surface area contributed by atoms with E-state index in [9.17, 15) is 32.3 Å². The zero-order valence-electron chi connectivity index (χ0n) is 25.1. The van der Waals surface area contributed by atoms with Crippen LogP contribution >= 0.6 is 0 Å². The van der Waals surface area contributed by atoms with Gasteiger partial charge in [-0.1, -0.05) is 58.0 Å². The average molecular weight is 596 g/mol. The third kappa shape index (κ3) is 13.2. The van der Waals surface area contributed by atoms with Gasteiger partial charge in [0.25, 0.3) is 0 Å². The van der Waals surface area contributed by atoms with Gasteiger partial charge in [0.05, 0.1) is 12.6 Å². The Morgan fingerprint density at radius 3 is 1.93 bits per heavy atom. The zero-order valence-corrected chi connectivity index (χ0v) is 25.1. The minimum absolute atomic E-state index is 0.148. The standard InChI is InChI=1S/C12H15F3N2O2.C7H8N2O2.C7H9N.2C2H6/c13-12(14,15)11(19)16-5-10(18)17-6-8-3-1-2-4-9(8)7-17;8-2-7-1-6(4-10)3-9(7)5-11;1-8-7-5-3-2-4-6-7;2*1-2/h1-2,8-9H,3-7H2,(H,16,19);4-7H,1,3H2;2-6,8H,1H3;2*1-2H3/t;6?,7-;;;/m.0.../s1. The lowest BCUT2D eigenvalue weighted by molar-refractivity contribution is -0.174. The predicted molar refractivity (Wildman–Crippen MR) is 156 cm³/mol. The molecule has 0 bridgehead atoms. The Bertz CT molecular complexity index is 998. The number of nitrogens with one attached hydrogen (secondary N) is 2. The molecule has 2 fully saturated rings. The number of nitriles is 1. The Labute approximate surface area is 247 Å². The smallest absolute Gasteiger partial charge is 0.388 e. The molecule has 0 saturated carbocycles. The summed E-state index contributed by atoms with van der Waals surface area (Å²) in [4.78, 5) is 45.8. The van der Waals surface area contributed by atoms with Crippen LogP contribution < -0.4 is 10.6 Å². The number of allylic oxidation sites excluding steroid dienone is 2. The van der Waals surface area contributed by atoms with Crippen LogP contribution in [0.3, 0.4) is 0 Å². The first-order valence-corrected chi connectivity index (χ1v) is 14.2. The molecular formula is C30H44F3N5O4. The van der Waals surface area contributed by atoms with Crippen LogP contribution in [-0.4, -0.2) is 79.8 Å². The first kappa shape index (κ1) is 38.1.